The lowest BCUT2D eigenvalue weighted by Gasteiger charge is -2.24. The van der Waals surface area contributed by atoms with Gasteiger partial charge in [0.05, 0.1) is 25.8 Å². The summed E-state index contributed by atoms with van der Waals surface area (Å²) in [7, 11) is 3.28. The van der Waals surface area contributed by atoms with Crippen molar-refractivity contribution in [2.24, 2.45) is 5.92 Å². The first-order valence-corrected chi connectivity index (χ1v) is 9.96. The minimum absolute atomic E-state index is 0.0982. The standard InChI is InChI=1S/C22H24ClNO4/c1-26-16-6-7-20(27-2)18(11-16)14-8-15-9-17(28-21(15)19(23)10-14)12-24-22(25)13-4-3-5-13/h6-8,10-11,13,17H,3-5,9,12H2,1-2H3,(H,24,25)/t17-/m1/s1. The lowest BCUT2D eigenvalue weighted by atomic mass is 9.85. The highest BCUT2D eigenvalue weighted by atomic mass is 35.5. The number of carbonyl (C=O) groups is 1. The summed E-state index contributed by atoms with van der Waals surface area (Å²) in [5.74, 6) is 2.52. The van der Waals surface area contributed by atoms with Crippen LogP contribution in [0.4, 0.5) is 0 Å². The van der Waals surface area contributed by atoms with Crippen LogP contribution in [0, 0.1) is 5.92 Å². The average molecular weight is 402 g/mol. The molecule has 0 bridgehead atoms. The first-order valence-electron chi connectivity index (χ1n) is 9.58. The molecule has 0 saturated heterocycles. The molecule has 1 atom stereocenters. The maximum atomic E-state index is 12.1. The molecule has 0 unspecified atom stereocenters. The Morgan fingerprint density at radius 2 is 2.04 bits per heavy atom. The van der Waals surface area contributed by atoms with Crippen LogP contribution in [-0.2, 0) is 11.2 Å². The molecule has 4 rings (SSSR count). The van der Waals surface area contributed by atoms with Crippen LogP contribution in [0.3, 0.4) is 0 Å². The van der Waals surface area contributed by atoms with Gasteiger partial charge < -0.3 is 19.5 Å². The van der Waals surface area contributed by atoms with Crippen molar-refractivity contribution in [2.75, 3.05) is 20.8 Å². The van der Waals surface area contributed by atoms with Gasteiger partial charge in [-0.3, -0.25) is 4.79 Å². The molecule has 28 heavy (non-hydrogen) atoms. The molecule has 2 aliphatic rings. The van der Waals surface area contributed by atoms with Crippen molar-refractivity contribution in [3.8, 4) is 28.4 Å². The molecule has 2 aromatic rings. The number of halogens is 1. The molecule has 6 heteroatoms. The van der Waals surface area contributed by atoms with E-state index in [1.165, 1.54) is 0 Å². The number of ether oxygens (including phenoxy) is 3. The van der Waals surface area contributed by atoms with E-state index in [9.17, 15) is 4.79 Å². The summed E-state index contributed by atoms with van der Waals surface area (Å²) in [4.78, 5) is 12.1. The Hall–Kier alpha value is -2.40. The van der Waals surface area contributed by atoms with Crippen LogP contribution >= 0.6 is 11.6 Å². The Bertz CT molecular complexity index is 894. The van der Waals surface area contributed by atoms with Gasteiger partial charge in [0.25, 0.3) is 0 Å². The smallest absolute Gasteiger partial charge is 0.223 e. The molecule has 2 aromatic carbocycles. The SMILES string of the molecule is COc1ccc(OC)c(-c2cc(Cl)c3c(c2)C[C@H](CNC(=O)C2CCC2)O3)c1. The highest BCUT2D eigenvalue weighted by molar-refractivity contribution is 6.32. The molecule has 0 aromatic heterocycles. The van der Waals surface area contributed by atoms with Crippen molar-refractivity contribution in [1.29, 1.82) is 0 Å². The fourth-order valence-corrected chi connectivity index (χ4v) is 4.01. The average Bonchev–Trinajstić information content (AvgIpc) is 3.08. The van der Waals surface area contributed by atoms with E-state index in [1.54, 1.807) is 14.2 Å². The first kappa shape index (κ1) is 18.9. The Morgan fingerprint density at radius 3 is 2.71 bits per heavy atom. The highest BCUT2D eigenvalue weighted by Crippen LogP contribution is 2.42. The van der Waals surface area contributed by atoms with Gasteiger partial charge in [-0.05, 0) is 48.7 Å². The third kappa shape index (κ3) is 3.63. The molecular formula is C22H24ClNO4. The zero-order chi connectivity index (χ0) is 19.7. The Balaban J connectivity index is 1.53. The molecule has 1 fully saturated rings. The van der Waals surface area contributed by atoms with Crippen molar-refractivity contribution < 1.29 is 19.0 Å². The minimum Gasteiger partial charge on any atom is -0.497 e. The molecule has 148 valence electrons. The van der Waals surface area contributed by atoms with Crippen LogP contribution in [0.5, 0.6) is 17.2 Å². The number of rotatable bonds is 6. The van der Waals surface area contributed by atoms with Crippen molar-refractivity contribution in [1.82, 2.24) is 5.32 Å². The van der Waals surface area contributed by atoms with Gasteiger partial charge >= 0.3 is 0 Å². The summed E-state index contributed by atoms with van der Waals surface area (Å²) in [5.41, 5.74) is 2.89. The predicted molar refractivity (Wildman–Crippen MR) is 108 cm³/mol. The van der Waals surface area contributed by atoms with E-state index in [1.807, 2.05) is 24.3 Å². The molecule has 1 amide bonds. The van der Waals surface area contributed by atoms with Crippen LogP contribution in [0.1, 0.15) is 24.8 Å². The zero-order valence-electron chi connectivity index (χ0n) is 16.1. The number of amides is 1. The van der Waals surface area contributed by atoms with Gasteiger partial charge in [-0.2, -0.15) is 0 Å². The van der Waals surface area contributed by atoms with Crippen LogP contribution in [0.2, 0.25) is 5.02 Å². The number of hydrogen-bond acceptors (Lipinski definition) is 4. The maximum Gasteiger partial charge on any atom is 0.223 e. The lowest BCUT2D eigenvalue weighted by Crippen LogP contribution is -2.40. The first-order chi connectivity index (χ1) is 13.6. The van der Waals surface area contributed by atoms with Gasteiger partial charge in [0.15, 0.2) is 0 Å². The second-order valence-electron chi connectivity index (χ2n) is 7.33. The molecule has 0 radical (unpaired) electrons. The zero-order valence-corrected chi connectivity index (χ0v) is 16.8. The quantitative estimate of drug-likeness (QED) is 0.786. The number of hydrogen-bond donors (Lipinski definition) is 1. The second-order valence-corrected chi connectivity index (χ2v) is 7.74. The fraction of sp³-hybridized carbons (Fsp3) is 0.409. The van der Waals surface area contributed by atoms with Gasteiger partial charge in [0, 0.05) is 23.5 Å². The van der Waals surface area contributed by atoms with Crippen LogP contribution in [-0.4, -0.2) is 32.8 Å². The van der Waals surface area contributed by atoms with E-state index in [0.717, 1.165) is 47.5 Å². The monoisotopic (exact) mass is 401 g/mol. The number of benzene rings is 2. The number of carbonyl (C=O) groups excluding carboxylic acids is 1. The van der Waals surface area contributed by atoms with Crippen molar-refractivity contribution in [2.45, 2.75) is 31.8 Å². The third-order valence-corrected chi connectivity index (χ3v) is 5.83. The molecule has 1 saturated carbocycles. The topological polar surface area (TPSA) is 56.8 Å². The van der Waals surface area contributed by atoms with Gasteiger partial charge in [-0.1, -0.05) is 18.0 Å². The number of nitrogens with one attached hydrogen (secondary N) is 1. The van der Waals surface area contributed by atoms with Crippen LogP contribution in [0.25, 0.3) is 11.1 Å². The Morgan fingerprint density at radius 1 is 1.21 bits per heavy atom. The van der Waals surface area contributed by atoms with Crippen molar-refractivity contribution >= 4 is 17.5 Å². The summed E-state index contributed by atoms with van der Waals surface area (Å²) in [5, 5.41) is 3.58. The maximum absolute atomic E-state index is 12.1. The van der Waals surface area contributed by atoms with Crippen LogP contribution in [0.15, 0.2) is 30.3 Å². The van der Waals surface area contributed by atoms with Crippen molar-refractivity contribution in [3.05, 3.63) is 40.9 Å². The van der Waals surface area contributed by atoms with Crippen molar-refractivity contribution in [3.63, 3.8) is 0 Å². The lowest BCUT2D eigenvalue weighted by molar-refractivity contribution is -0.127. The van der Waals surface area contributed by atoms with Gasteiger partial charge in [0.1, 0.15) is 23.4 Å². The van der Waals surface area contributed by atoms with Gasteiger partial charge in [-0.25, -0.2) is 0 Å². The van der Waals surface area contributed by atoms with Crippen LogP contribution < -0.4 is 19.5 Å². The largest absolute Gasteiger partial charge is 0.497 e. The summed E-state index contributed by atoms with van der Waals surface area (Å²) in [6.45, 7) is 0.498. The van der Waals surface area contributed by atoms with E-state index >= 15 is 0 Å². The molecule has 5 nitrogen and oxygen atoms in total. The normalized spacial score (nSPS) is 18.0. The van der Waals surface area contributed by atoms with E-state index < -0.39 is 0 Å². The molecule has 0 spiro atoms. The molecular weight excluding hydrogens is 378 g/mol. The second kappa shape index (κ2) is 7.92. The minimum atomic E-state index is -0.0982. The fourth-order valence-electron chi connectivity index (χ4n) is 3.73. The van der Waals surface area contributed by atoms with E-state index in [4.69, 9.17) is 25.8 Å². The number of methoxy groups -OCH3 is 2. The van der Waals surface area contributed by atoms with E-state index in [2.05, 4.69) is 11.4 Å². The summed E-state index contributed by atoms with van der Waals surface area (Å²) in [6.07, 6.45) is 3.75. The summed E-state index contributed by atoms with van der Waals surface area (Å²) in [6, 6.07) is 9.63. The van der Waals surface area contributed by atoms with Gasteiger partial charge in [0.2, 0.25) is 5.91 Å². The highest BCUT2D eigenvalue weighted by Gasteiger charge is 2.29. The number of fused-ring (bicyclic) bond motifs is 1. The van der Waals surface area contributed by atoms with Gasteiger partial charge in [-0.15, -0.1) is 0 Å². The van der Waals surface area contributed by atoms with E-state index in [0.29, 0.717) is 23.7 Å². The molecule has 1 aliphatic carbocycles. The molecule has 1 N–H and O–H groups in total. The van der Waals surface area contributed by atoms with E-state index in [-0.39, 0.29) is 17.9 Å². The summed E-state index contributed by atoms with van der Waals surface area (Å²) >= 11 is 6.52. The Kier molecular flexibility index (Phi) is 5.36. The Labute approximate surface area is 169 Å². The summed E-state index contributed by atoms with van der Waals surface area (Å²) < 4.78 is 16.9. The third-order valence-electron chi connectivity index (χ3n) is 5.55. The molecule has 1 aliphatic heterocycles. The predicted octanol–water partition coefficient (Wildman–Crippen LogP) is 4.24. The molecule has 1 heterocycles.